The first kappa shape index (κ1) is 21.1. The van der Waals surface area contributed by atoms with Crippen LogP contribution in [0.25, 0.3) is 0 Å². The number of rotatable bonds is 6. The van der Waals surface area contributed by atoms with Gasteiger partial charge in [-0.25, -0.2) is 8.78 Å². The Morgan fingerprint density at radius 2 is 1.80 bits per heavy atom. The molecule has 0 unspecified atom stereocenters. The van der Waals surface area contributed by atoms with Gasteiger partial charge >= 0.3 is 0 Å². The van der Waals surface area contributed by atoms with E-state index in [-0.39, 0.29) is 5.69 Å². The van der Waals surface area contributed by atoms with Crippen molar-refractivity contribution in [1.82, 2.24) is 20.5 Å². The molecule has 3 aromatic rings. The predicted octanol–water partition coefficient (Wildman–Crippen LogP) is 3.17. The van der Waals surface area contributed by atoms with Gasteiger partial charge < -0.3 is 10.6 Å². The molecule has 0 aliphatic carbocycles. The summed E-state index contributed by atoms with van der Waals surface area (Å²) in [7, 11) is 0. The van der Waals surface area contributed by atoms with Crippen LogP contribution in [0.3, 0.4) is 0 Å². The van der Waals surface area contributed by atoms with E-state index in [9.17, 15) is 18.4 Å². The molecule has 0 bridgehead atoms. The van der Waals surface area contributed by atoms with E-state index in [1.807, 2.05) is 0 Å². The molecule has 3 rings (SSSR count). The van der Waals surface area contributed by atoms with Crippen LogP contribution in [0.15, 0.2) is 48.7 Å². The van der Waals surface area contributed by atoms with Crippen molar-refractivity contribution in [2.75, 3.05) is 5.32 Å². The number of anilines is 1. The van der Waals surface area contributed by atoms with Crippen LogP contribution in [0.1, 0.15) is 42.5 Å². The predicted molar refractivity (Wildman–Crippen MR) is 107 cm³/mol. The number of aromatic amines is 1. The van der Waals surface area contributed by atoms with Crippen molar-refractivity contribution in [1.29, 1.82) is 0 Å². The van der Waals surface area contributed by atoms with Gasteiger partial charge in [0.15, 0.2) is 0 Å². The van der Waals surface area contributed by atoms with Gasteiger partial charge in [-0.05, 0) is 36.8 Å². The van der Waals surface area contributed by atoms with Crippen LogP contribution in [0, 0.1) is 11.6 Å². The minimum atomic E-state index is -0.836. The van der Waals surface area contributed by atoms with Crippen LogP contribution in [0.2, 0.25) is 0 Å². The van der Waals surface area contributed by atoms with Crippen molar-refractivity contribution >= 4 is 17.6 Å². The minimum absolute atomic E-state index is 0.199. The van der Waals surface area contributed by atoms with Gasteiger partial charge in [-0.3, -0.25) is 19.7 Å². The number of benzene rings is 1. The van der Waals surface area contributed by atoms with Crippen LogP contribution >= 0.6 is 0 Å². The van der Waals surface area contributed by atoms with Crippen molar-refractivity contribution in [3.63, 3.8) is 0 Å². The number of carbonyl (C=O) groups excluding carboxylic acids is 2. The van der Waals surface area contributed by atoms with E-state index >= 15 is 0 Å². The number of nitrogens with one attached hydrogen (secondary N) is 3. The maximum Gasteiger partial charge on any atom is 0.270 e. The zero-order valence-electron chi connectivity index (χ0n) is 16.7. The summed E-state index contributed by atoms with van der Waals surface area (Å²) in [5.41, 5.74) is 0.264. The van der Waals surface area contributed by atoms with E-state index in [0.29, 0.717) is 17.1 Å². The molecule has 0 radical (unpaired) electrons. The Balaban J connectivity index is 1.68. The molecule has 156 valence electrons. The number of amides is 2. The molecule has 0 spiro atoms. The summed E-state index contributed by atoms with van der Waals surface area (Å²) < 4.78 is 27.2. The minimum Gasteiger partial charge on any atom is -0.339 e. The first-order chi connectivity index (χ1) is 14.2. The molecule has 1 aromatic carbocycles. The Morgan fingerprint density at radius 3 is 2.43 bits per heavy atom. The van der Waals surface area contributed by atoms with Crippen molar-refractivity contribution in [2.24, 2.45) is 0 Å². The summed E-state index contributed by atoms with van der Waals surface area (Å²) in [5.74, 6) is -2.01. The monoisotopic (exact) mass is 413 g/mol. The molecule has 0 aliphatic heterocycles. The number of nitrogens with zero attached hydrogens (tertiary/aromatic N) is 2. The highest BCUT2D eigenvalue weighted by molar-refractivity contribution is 5.99. The summed E-state index contributed by atoms with van der Waals surface area (Å²) in [6, 6.07) is 8.92. The van der Waals surface area contributed by atoms with E-state index in [4.69, 9.17) is 0 Å². The second-order valence-electron chi connectivity index (χ2n) is 7.35. The van der Waals surface area contributed by atoms with Gasteiger partial charge in [0.2, 0.25) is 5.91 Å². The fraction of sp³-hybridized carbons (Fsp3) is 0.238. The molecule has 7 nitrogen and oxygen atoms in total. The molecule has 1 atom stereocenters. The lowest BCUT2D eigenvalue weighted by molar-refractivity contribution is -0.117. The molecule has 0 aliphatic rings. The maximum absolute atomic E-state index is 13.6. The van der Waals surface area contributed by atoms with Crippen molar-refractivity contribution in [3.8, 4) is 0 Å². The van der Waals surface area contributed by atoms with Gasteiger partial charge in [-0.15, -0.1) is 0 Å². The molecule has 0 saturated heterocycles. The highest BCUT2D eigenvalue weighted by Crippen LogP contribution is 2.32. The molecule has 0 saturated carbocycles. The SMILES string of the molecule is C[C@H](NC(=O)c1ccccn1)C(=O)Nc1cc(C(C)(C)c2cc(F)cc(F)c2)n[nH]1. The van der Waals surface area contributed by atoms with Crippen molar-refractivity contribution < 1.29 is 18.4 Å². The molecular weight excluding hydrogens is 392 g/mol. The van der Waals surface area contributed by atoms with Crippen LogP contribution in [-0.2, 0) is 10.2 Å². The number of carbonyl (C=O) groups is 2. The molecular formula is C21H21F2N5O2. The Labute approximate surface area is 171 Å². The number of hydrogen-bond acceptors (Lipinski definition) is 4. The van der Waals surface area contributed by atoms with E-state index in [1.165, 1.54) is 25.3 Å². The third kappa shape index (κ3) is 4.68. The largest absolute Gasteiger partial charge is 0.339 e. The summed E-state index contributed by atoms with van der Waals surface area (Å²) in [6.07, 6.45) is 1.48. The fourth-order valence-electron chi connectivity index (χ4n) is 2.84. The average molecular weight is 413 g/mol. The first-order valence-electron chi connectivity index (χ1n) is 9.22. The third-order valence-electron chi connectivity index (χ3n) is 4.70. The fourth-order valence-corrected chi connectivity index (χ4v) is 2.84. The van der Waals surface area contributed by atoms with E-state index in [1.54, 1.807) is 38.1 Å². The summed E-state index contributed by atoms with van der Waals surface area (Å²) in [5, 5.41) is 12.0. The number of hydrogen-bond donors (Lipinski definition) is 3. The average Bonchev–Trinajstić information content (AvgIpc) is 3.17. The lowest BCUT2D eigenvalue weighted by atomic mass is 9.81. The number of halogens is 2. The van der Waals surface area contributed by atoms with E-state index < -0.39 is 34.9 Å². The topological polar surface area (TPSA) is 99.8 Å². The van der Waals surface area contributed by atoms with Gasteiger partial charge in [0.05, 0.1) is 5.69 Å². The van der Waals surface area contributed by atoms with Gasteiger partial charge in [0.1, 0.15) is 29.2 Å². The Kier molecular flexibility index (Phi) is 5.91. The molecule has 0 fully saturated rings. The Hall–Kier alpha value is -3.62. The molecule has 2 heterocycles. The number of pyridine rings is 1. The maximum atomic E-state index is 13.6. The van der Waals surface area contributed by atoms with E-state index in [0.717, 1.165) is 6.07 Å². The Morgan fingerprint density at radius 1 is 1.10 bits per heavy atom. The number of H-pyrrole nitrogens is 1. The molecule has 2 aromatic heterocycles. The van der Waals surface area contributed by atoms with Crippen molar-refractivity contribution in [2.45, 2.75) is 32.2 Å². The normalized spacial score (nSPS) is 12.3. The molecule has 2 amide bonds. The van der Waals surface area contributed by atoms with Gasteiger partial charge in [-0.1, -0.05) is 19.9 Å². The lowest BCUT2D eigenvalue weighted by Crippen LogP contribution is -2.41. The summed E-state index contributed by atoms with van der Waals surface area (Å²) >= 11 is 0. The van der Waals surface area contributed by atoms with E-state index in [2.05, 4.69) is 25.8 Å². The quantitative estimate of drug-likeness (QED) is 0.578. The second-order valence-corrected chi connectivity index (χ2v) is 7.35. The molecule has 3 N–H and O–H groups in total. The third-order valence-corrected chi connectivity index (χ3v) is 4.70. The number of aromatic nitrogens is 3. The summed E-state index contributed by atoms with van der Waals surface area (Å²) in [4.78, 5) is 28.5. The zero-order chi connectivity index (χ0) is 21.9. The standard InChI is InChI=1S/C21H21F2N5O2/c1-12(25-20(30)16-6-4-5-7-24-16)19(29)26-18-11-17(27-28-18)21(2,3)13-8-14(22)10-15(23)9-13/h4-12H,1-3H3,(H,25,30)(H2,26,27,28,29)/t12-/m0/s1. The van der Waals surface area contributed by atoms with Crippen LogP contribution in [-0.4, -0.2) is 33.0 Å². The molecule has 9 heteroatoms. The smallest absolute Gasteiger partial charge is 0.270 e. The second kappa shape index (κ2) is 8.40. The van der Waals surface area contributed by atoms with Crippen LogP contribution in [0.5, 0.6) is 0 Å². The first-order valence-corrected chi connectivity index (χ1v) is 9.22. The zero-order valence-corrected chi connectivity index (χ0v) is 16.7. The highest BCUT2D eigenvalue weighted by Gasteiger charge is 2.28. The van der Waals surface area contributed by atoms with Crippen molar-refractivity contribution in [3.05, 3.63) is 77.2 Å². The highest BCUT2D eigenvalue weighted by atomic mass is 19.1. The van der Waals surface area contributed by atoms with Gasteiger partial charge in [-0.2, -0.15) is 5.10 Å². The molecule has 30 heavy (non-hydrogen) atoms. The lowest BCUT2D eigenvalue weighted by Gasteiger charge is -2.23. The Bertz CT molecular complexity index is 1050. The van der Waals surface area contributed by atoms with Crippen LogP contribution in [0.4, 0.5) is 14.6 Å². The van der Waals surface area contributed by atoms with Gasteiger partial charge in [0.25, 0.3) is 5.91 Å². The summed E-state index contributed by atoms with van der Waals surface area (Å²) in [6.45, 7) is 5.06. The van der Waals surface area contributed by atoms with Crippen LogP contribution < -0.4 is 10.6 Å². The van der Waals surface area contributed by atoms with Gasteiger partial charge in [0, 0.05) is 23.7 Å².